The minimum Gasteiger partial charge on any atom is -0.376 e. The van der Waals surface area contributed by atoms with E-state index in [2.05, 4.69) is 25.4 Å². The molecule has 0 bridgehead atoms. The first-order chi connectivity index (χ1) is 10.7. The number of aromatic nitrogens is 3. The zero-order chi connectivity index (χ0) is 15.4. The van der Waals surface area contributed by atoms with Crippen LogP contribution < -0.4 is 5.32 Å². The van der Waals surface area contributed by atoms with Crippen LogP contribution in [-0.2, 0) is 14.3 Å². The molecule has 1 aromatic heterocycles. The van der Waals surface area contributed by atoms with Gasteiger partial charge in [-0.2, -0.15) is 5.10 Å². The molecule has 2 fully saturated rings. The number of nitrogens with one attached hydrogen (secondary N) is 2. The zero-order valence-electron chi connectivity index (χ0n) is 12.9. The lowest BCUT2D eigenvalue weighted by Gasteiger charge is -2.31. The monoisotopic (exact) mass is 309 g/mol. The summed E-state index contributed by atoms with van der Waals surface area (Å²) in [5.41, 5.74) is 0. The number of aryl methyl sites for hydroxylation is 1. The second-order valence-electron chi connectivity index (χ2n) is 5.81. The third-order valence-corrected chi connectivity index (χ3v) is 3.97. The number of carbonyl (C=O) groups excluding carboxylic acids is 1. The molecule has 2 saturated heterocycles. The van der Waals surface area contributed by atoms with Crippen molar-refractivity contribution in [2.24, 2.45) is 0 Å². The Balaban J connectivity index is 1.44. The van der Waals surface area contributed by atoms with Crippen LogP contribution in [0.3, 0.4) is 0 Å². The Hall–Kier alpha value is -1.51. The van der Waals surface area contributed by atoms with E-state index in [1.165, 1.54) is 0 Å². The normalized spacial score (nSPS) is 26.2. The predicted octanol–water partition coefficient (Wildman–Crippen LogP) is -0.218. The van der Waals surface area contributed by atoms with Crippen LogP contribution >= 0.6 is 0 Å². The van der Waals surface area contributed by atoms with E-state index in [1.54, 1.807) is 0 Å². The Morgan fingerprint density at radius 1 is 1.45 bits per heavy atom. The number of morpholine rings is 1. The number of hydrogen-bond donors (Lipinski definition) is 2. The molecule has 3 heterocycles. The summed E-state index contributed by atoms with van der Waals surface area (Å²) in [5.74, 6) is 1.45. The lowest BCUT2D eigenvalue weighted by atomic mass is 10.2. The van der Waals surface area contributed by atoms with Crippen LogP contribution in [0.4, 0.5) is 0 Å². The summed E-state index contributed by atoms with van der Waals surface area (Å²) in [5, 5.41) is 9.90. The molecule has 0 spiro atoms. The highest BCUT2D eigenvalue weighted by atomic mass is 16.5. The largest absolute Gasteiger partial charge is 0.376 e. The molecule has 1 aromatic rings. The van der Waals surface area contributed by atoms with Gasteiger partial charge in [-0.15, -0.1) is 0 Å². The van der Waals surface area contributed by atoms with Crippen molar-refractivity contribution < 1.29 is 14.3 Å². The third kappa shape index (κ3) is 4.02. The molecule has 8 heteroatoms. The van der Waals surface area contributed by atoms with Crippen LogP contribution in [0.5, 0.6) is 0 Å². The first-order valence-electron chi connectivity index (χ1n) is 7.82. The van der Waals surface area contributed by atoms with Crippen molar-refractivity contribution in [3.8, 4) is 0 Å². The molecule has 0 radical (unpaired) electrons. The van der Waals surface area contributed by atoms with Gasteiger partial charge in [0.25, 0.3) is 0 Å². The highest BCUT2D eigenvalue weighted by Gasteiger charge is 2.26. The van der Waals surface area contributed by atoms with Gasteiger partial charge < -0.3 is 14.8 Å². The number of aromatic amines is 1. The van der Waals surface area contributed by atoms with E-state index in [4.69, 9.17) is 9.47 Å². The Morgan fingerprint density at radius 3 is 3.09 bits per heavy atom. The molecular formula is C14H23N5O3. The Morgan fingerprint density at radius 2 is 2.36 bits per heavy atom. The third-order valence-electron chi connectivity index (χ3n) is 3.97. The highest BCUT2D eigenvalue weighted by molar-refractivity contribution is 5.78. The van der Waals surface area contributed by atoms with Crippen molar-refractivity contribution in [3.05, 3.63) is 11.6 Å². The first kappa shape index (κ1) is 15.4. The molecule has 0 aromatic carbocycles. The zero-order valence-corrected chi connectivity index (χ0v) is 12.9. The summed E-state index contributed by atoms with van der Waals surface area (Å²) in [6.07, 6.45) is 2.12. The Bertz CT molecular complexity index is 500. The minimum absolute atomic E-state index is 0.0299. The fraction of sp³-hybridized carbons (Fsp3) is 0.786. The summed E-state index contributed by atoms with van der Waals surface area (Å²) in [4.78, 5) is 18.4. The van der Waals surface area contributed by atoms with Gasteiger partial charge in [-0.05, 0) is 19.8 Å². The number of rotatable bonds is 5. The molecule has 2 N–H and O–H groups in total. The van der Waals surface area contributed by atoms with Gasteiger partial charge in [0.2, 0.25) is 5.91 Å². The van der Waals surface area contributed by atoms with E-state index in [0.717, 1.165) is 31.8 Å². The second kappa shape index (κ2) is 7.17. The van der Waals surface area contributed by atoms with E-state index >= 15 is 0 Å². The van der Waals surface area contributed by atoms with Gasteiger partial charge in [0, 0.05) is 26.2 Å². The molecule has 8 nitrogen and oxygen atoms in total. The maximum absolute atomic E-state index is 12.0. The predicted molar refractivity (Wildman–Crippen MR) is 78.2 cm³/mol. The summed E-state index contributed by atoms with van der Waals surface area (Å²) in [6, 6.07) is 0. The fourth-order valence-corrected chi connectivity index (χ4v) is 2.80. The molecule has 2 atom stereocenters. The van der Waals surface area contributed by atoms with Crippen LogP contribution in [0, 0.1) is 6.92 Å². The van der Waals surface area contributed by atoms with Gasteiger partial charge >= 0.3 is 0 Å². The standard InChI is InChI=1S/C14H23N5O3/c1-10-16-14(18-17-10)12-8-19(4-6-22-12)9-13(20)15-7-11-3-2-5-21-11/h11-12H,2-9H2,1H3,(H,15,20)(H,16,17,18)/t11-,12-/m0/s1. The lowest BCUT2D eigenvalue weighted by molar-refractivity contribution is -0.125. The van der Waals surface area contributed by atoms with Gasteiger partial charge in [0.05, 0.1) is 19.3 Å². The van der Waals surface area contributed by atoms with Crippen LogP contribution in [0.1, 0.15) is 30.6 Å². The topological polar surface area (TPSA) is 92.4 Å². The molecule has 0 unspecified atom stereocenters. The van der Waals surface area contributed by atoms with E-state index < -0.39 is 0 Å². The fourth-order valence-electron chi connectivity index (χ4n) is 2.80. The molecule has 2 aliphatic heterocycles. The molecular weight excluding hydrogens is 286 g/mol. The molecule has 122 valence electrons. The van der Waals surface area contributed by atoms with Gasteiger partial charge in [-0.25, -0.2) is 4.98 Å². The van der Waals surface area contributed by atoms with E-state index in [-0.39, 0.29) is 18.1 Å². The van der Waals surface area contributed by atoms with Gasteiger partial charge in [0.15, 0.2) is 5.82 Å². The number of ether oxygens (including phenoxy) is 2. The average molecular weight is 309 g/mol. The summed E-state index contributed by atoms with van der Waals surface area (Å²) in [7, 11) is 0. The number of hydrogen-bond acceptors (Lipinski definition) is 6. The van der Waals surface area contributed by atoms with E-state index in [1.807, 2.05) is 6.92 Å². The van der Waals surface area contributed by atoms with E-state index in [0.29, 0.717) is 32.1 Å². The van der Waals surface area contributed by atoms with Crippen molar-refractivity contribution in [2.75, 3.05) is 39.4 Å². The number of amides is 1. The maximum Gasteiger partial charge on any atom is 0.234 e. The molecule has 0 saturated carbocycles. The van der Waals surface area contributed by atoms with Crippen LogP contribution in [0.25, 0.3) is 0 Å². The number of nitrogens with zero attached hydrogens (tertiary/aromatic N) is 3. The molecule has 3 rings (SSSR count). The van der Waals surface area contributed by atoms with Crippen LogP contribution in [-0.4, -0.2) is 71.5 Å². The summed E-state index contributed by atoms with van der Waals surface area (Å²) < 4.78 is 11.2. The minimum atomic E-state index is -0.176. The van der Waals surface area contributed by atoms with Crippen molar-refractivity contribution in [3.63, 3.8) is 0 Å². The smallest absolute Gasteiger partial charge is 0.234 e. The Kier molecular flexibility index (Phi) is 5.01. The van der Waals surface area contributed by atoms with Crippen LogP contribution in [0.2, 0.25) is 0 Å². The lowest BCUT2D eigenvalue weighted by Crippen LogP contribution is -2.45. The maximum atomic E-state index is 12.0. The SMILES string of the molecule is Cc1nc([C@@H]2CN(CC(=O)NC[C@@H]3CCCO3)CCO2)n[nH]1. The Labute approximate surface area is 129 Å². The van der Waals surface area contributed by atoms with Gasteiger partial charge in [0.1, 0.15) is 11.9 Å². The van der Waals surface area contributed by atoms with Crippen molar-refractivity contribution in [1.29, 1.82) is 0 Å². The quantitative estimate of drug-likeness (QED) is 0.781. The second-order valence-corrected chi connectivity index (χ2v) is 5.81. The van der Waals surface area contributed by atoms with E-state index in [9.17, 15) is 4.79 Å². The van der Waals surface area contributed by atoms with Crippen LogP contribution in [0.15, 0.2) is 0 Å². The van der Waals surface area contributed by atoms with Gasteiger partial charge in [-0.1, -0.05) is 0 Å². The number of carbonyl (C=O) groups is 1. The number of H-pyrrole nitrogens is 1. The average Bonchev–Trinajstić information content (AvgIpc) is 3.17. The summed E-state index contributed by atoms with van der Waals surface area (Å²) >= 11 is 0. The first-order valence-corrected chi connectivity index (χ1v) is 7.82. The summed E-state index contributed by atoms with van der Waals surface area (Å²) in [6.45, 7) is 5.59. The van der Waals surface area contributed by atoms with Crippen molar-refractivity contribution in [1.82, 2.24) is 25.4 Å². The van der Waals surface area contributed by atoms with Crippen molar-refractivity contribution in [2.45, 2.75) is 32.0 Å². The van der Waals surface area contributed by atoms with Crippen molar-refractivity contribution >= 4 is 5.91 Å². The highest BCUT2D eigenvalue weighted by Crippen LogP contribution is 2.18. The molecule has 0 aliphatic carbocycles. The molecule has 2 aliphatic rings. The molecule has 1 amide bonds. The molecule has 22 heavy (non-hydrogen) atoms. The van der Waals surface area contributed by atoms with Gasteiger partial charge in [-0.3, -0.25) is 14.8 Å².